The maximum absolute atomic E-state index is 14.1. The van der Waals surface area contributed by atoms with E-state index in [9.17, 15) is 9.18 Å². The molecule has 0 saturated heterocycles. The van der Waals surface area contributed by atoms with E-state index in [2.05, 4.69) is 25.5 Å². The molecule has 0 fully saturated rings. The van der Waals surface area contributed by atoms with Gasteiger partial charge in [-0.2, -0.15) is 4.98 Å². The molecule has 1 N–H and O–H groups in total. The van der Waals surface area contributed by atoms with Crippen LogP contribution in [0.2, 0.25) is 0 Å². The molecule has 0 spiro atoms. The van der Waals surface area contributed by atoms with Crippen LogP contribution >= 0.6 is 0 Å². The van der Waals surface area contributed by atoms with Gasteiger partial charge < -0.3 is 14.4 Å². The second-order valence-corrected chi connectivity index (χ2v) is 5.97. The fourth-order valence-corrected chi connectivity index (χ4v) is 2.98. The molecule has 1 aliphatic heterocycles. The number of carbonyl (C=O) groups is 1. The van der Waals surface area contributed by atoms with E-state index >= 15 is 0 Å². The van der Waals surface area contributed by atoms with Crippen LogP contribution < -0.4 is 5.32 Å². The largest absolute Gasteiger partial charge is 0.360 e. The van der Waals surface area contributed by atoms with E-state index in [4.69, 9.17) is 9.05 Å². The van der Waals surface area contributed by atoms with Crippen molar-refractivity contribution in [2.45, 2.75) is 19.5 Å². The van der Waals surface area contributed by atoms with Gasteiger partial charge in [0.1, 0.15) is 17.3 Å². The second kappa shape index (κ2) is 6.68. The smallest absolute Gasteiger partial charge is 0.315 e. The normalized spacial score (nSPS) is 14.2. The highest BCUT2D eigenvalue weighted by Crippen LogP contribution is 2.31. The van der Waals surface area contributed by atoms with Gasteiger partial charge in [0, 0.05) is 37.7 Å². The molecule has 2 aromatic heterocycles. The number of halogens is 1. The van der Waals surface area contributed by atoms with Crippen LogP contribution in [0.4, 0.5) is 4.39 Å². The second-order valence-electron chi connectivity index (χ2n) is 5.97. The zero-order valence-electron chi connectivity index (χ0n) is 14.0. The average molecular weight is 357 g/mol. The topological polar surface area (TPSA) is 97.3 Å². The van der Waals surface area contributed by atoms with Crippen molar-refractivity contribution in [2.24, 2.45) is 0 Å². The molecule has 0 atom stereocenters. The van der Waals surface area contributed by atoms with E-state index in [0.717, 1.165) is 11.3 Å². The van der Waals surface area contributed by atoms with Crippen LogP contribution in [0.25, 0.3) is 11.3 Å². The quantitative estimate of drug-likeness (QED) is 0.760. The number of amides is 1. The molecule has 0 aliphatic carbocycles. The minimum Gasteiger partial charge on any atom is -0.360 e. The Kier molecular flexibility index (Phi) is 4.21. The first-order valence-electron chi connectivity index (χ1n) is 8.15. The highest BCUT2D eigenvalue weighted by molar-refractivity contribution is 5.89. The fourth-order valence-electron chi connectivity index (χ4n) is 2.98. The van der Waals surface area contributed by atoms with Gasteiger partial charge in [-0.1, -0.05) is 22.4 Å². The SMILES string of the molecule is CNC(=O)c1nc(CN2CCc3onc(-c4ccccc4F)c3C2)no1. The van der Waals surface area contributed by atoms with Gasteiger partial charge in [0.25, 0.3) is 0 Å². The van der Waals surface area contributed by atoms with Gasteiger partial charge in [-0.15, -0.1) is 0 Å². The number of benzene rings is 1. The molecule has 26 heavy (non-hydrogen) atoms. The minimum absolute atomic E-state index is 0.0720. The maximum Gasteiger partial charge on any atom is 0.315 e. The van der Waals surface area contributed by atoms with E-state index in [-0.39, 0.29) is 11.7 Å². The summed E-state index contributed by atoms with van der Waals surface area (Å²) >= 11 is 0. The summed E-state index contributed by atoms with van der Waals surface area (Å²) < 4.78 is 24.5. The lowest BCUT2D eigenvalue weighted by Crippen LogP contribution is -2.30. The summed E-state index contributed by atoms with van der Waals surface area (Å²) in [5.74, 6) is 0.339. The molecule has 0 unspecified atom stereocenters. The zero-order chi connectivity index (χ0) is 18.1. The number of nitrogens with zero attached hydrogens (tertiary/aromatic N) is 4. The first kappa shape index (κ1) is 16.4. The molecule has 0 radical (unpaired) electrons. The van der Waals surface area contributed by atoms with E-state index in [1.165, 1.54) is 13.1 Å². The first-order valence-corrected chi connectivity index (χ1v) is 8.15. The molecule has 3 aromatic rings. The molecule has 0 saturated carbocycles. The van der Waals surface area contributed by atoms with Crippen LogP contribution in [0.3, 0.4) is 0 Å². The Hall–Kier alpha value is -3.07. The lowest BCUT2D eigenvalue weighted by atomic mass is 10.0. The number of rotatable bonds is 4. The first-order chi connectivity index (χ1) is 12.7. The lowest BCUT2D eigenvalue weighted by Gasteiger charge is -2.24. The Bertz CT molecular complexity index is 952. The predicted molar refractivity (Wildman–Crippen MR) is 87.4 cm³/mol. The van der Waals surface area contributed by atoms with E-state index in [1.54, 1.807) is 18.2 Å². The van der Waals surface area contributed by atoms with Gasteiger partial charge in [0.05, 0.1) is 6.54 Å². The molecule has 3 heterocycles. The van der Waals surface area contributed by atoms with Crippen molar-refractivity contribution in [1.29, 1.82) is 0 Å². The molecule has 1 amide bonds. The summed E-state index contributed by atoms with van der Waals surface area (Å²) in [6.07, 6.45) is 0.650. The molecular formula is C17H16FN5O3. The number of fused-ring (bicyclic) bond motifs is 1. The Morgan fingerprint density at radius 2 is 2.15 bits per heavy atom. The summed E-state index contributed by atoms with van der Waals surface area (Å²) in [5, 5.41) is 10.3. The Balaban J connectivity index is 1.54. The van der Waals surface area contributed by atoms with E-state index in [1.807, 2.05) is 0 Å². The number of hydrogen-bond acceptors (Lipinski definition) is 7. The van der Waals surface area contributed by atoms with Gasteiger partial charge in [0.15, 0.2) is 5.82 Å². The van der Waals surface area contributed by atoms with Gasteiger partial charge in [-0.25, -0.2) is 4.39 Å². The van der Waals surface area contributed by atoms with E-state index in [0.29, 0.717) is 43.1 Å². The number of carbonyl (C=O) groups excluding carboxylic acids is 1. The van der Waals surface area contributed by atoms with Crippen LogP contribution in [-0.2, 0) is 19.5 Å². The van der Waals surface area contributed by atoms with Crippen molar-refractivity contribution in [1.82, 2.24) is 25.5 Å². The fraction of sp³-hybridized carbons (Fsp3) is 0.294. The summed E-state index contributed by atoms with van der Waals surface area (Å²) in [6, 6.07) is 6.48. The van der Waals surface area contributed by atoms with Crippen LogP contribution in [0.15, 0.2) is 33.3 Å². The highest BCUT2D eigenvalue weighted by Gasteiger charge is 2.27. The molecule has 4 rings (SSSR count). The van der Waals surface area contributed by atoms with Crippen molar-refractivity contribution in [3.05, 3.63) is 53.1 Å². The van der Waals surface area contributed by atoms with Crippen molar-refractivity contribution in [3.63, 3.8) is 0 Å². The van der Waals surface area contributed by atoms with Gasteiger partial charge in [-0.3, -0.25) is 9.69 Å². The van der Waals surface area contributed by atoms with Crippen molar-refractivity contribution >= 4 is 5.91 Å². The molecule has 9 heteroatoms. The van der Waals surface area contributed by atoms with E-state index < -0.39 is 5.91 Å². The molecule has 1 aromatic carbocycles. The highest BCUT2D eigenvalue weighted by atomic mass is 19.1. The van der Waals surface area contributed by atoms with Gasteiger partial charge >= 0.3 is 11.8 Å². The Morgan fingerprint density at radius 3 is 2.96 bits per heavy atom. The number of hydrogen-bond donors (Lipinski definition) is 1. The molecule has 1 aliphatic rings. The van der Waals surface area contributed by atoms with Crippen molar-refractivity contribution in [3.8, 4) is 11.3 Å². The molecule has 134 valence electrons. The maximum atomic E-state index is 14.1. The summed E-state index contributed by atoms with van der Waals surface area (Å²) in [4.78, 5) is 17.7. The minimum atomic E-state index is -0.425. The number of aromatic nitrogens is 3. The predicted octanol–water partition coefficient (Wildman–Crippen LogP) is 1.78. The Morgan fingerprint density at radius 1 is 1.31 bits per heavy atom. The monoisotopic (exact) mass is 357 g/mol. The molecule has 0 bridgehead atoms. The summed E-state index contributed by atoms with van der Waals surface area (Å²) in [7, 11) is 1.49. The number of nitrogens with one attached hydrogen (secondary N) is 1. The summed E-state index contributed by atoms with van der Waals surface area (Å²) in [6.45, 7) is 1.64. The van der Waals surface area contributed by atoms with Gasteiger partial charge in [-0.05, 0) is 12.1 Å². The molecule has 8 nitrogen and oxygen atoms in total. The van der Waals surface area contributed by atoms with Crippen LogP contribution in [-0.4, -0.2) is 39.7 Å². The van der Waals surface area contributed by atoms with Crippen LogP contribution in [0, 0.1) is 5.82 Å². The van der Waals surface area contributed by atoms with Crippen LogP contribution in [0.5, 0.6) is 0 Å². The van der Waals surface area contributed by atoms with Crippen LogP contribution in [0.1, 0.15) is 27.8 Å². The third kappa shape index (κ3) is 2.97. The van der Waals surface area contributed by atoms with Gasteiger partial charge in [0.2, 0.25) is 0 Å². The lowest BCUT2D eigenvalue weighted by molar-refractivity contribution is 0.0919. The van der Waals surface area contributed by atoms with Crippen molar-refractivity contribution < 1.29 is 18.2 Å². The average Bonchev–Trinajstić information content (AvgIpc) is 3.28. The zero-order valence-corrected chi connectivity index (χ0v) is 14.0. The molecular weight excluding hydrogens is 341 g/mol. The Labute approximate surface area is 148 Å². The third-order valence-electron chi connectivity index (χ3n) is 4.29. The standard InChI is InChI=1S/C17H16FN5O3/c1-19-16(24)17-20-14(21-26-17)9-23-7-6-13-11(8-23)15(22-25-13)10-4-2-3-5-12(10)18/h2-5H,6-9H2,1H3,(H,19,24). The third-order valence-corrected chi connectivity index (χ3v) is 4.29. The van der Waals surface area contributed by atoms with Crippen molar-refractivity contribution in [2.75, 3.05) is 13.6 Å². The summed E-state index contributed by atoms with van der Waals surface area (Å²) in [5.41, 5.74) is 1.79.